The van der Waals surface area contributed by atoms with Crippen LogP contribution < -0.4 is 0 Å². The fourth-order valence-corrected chi connectivity index (χ4v) is 2.32. The molecule has 0 amide bonds. The summed E-state index contributed by atoms with van der Waals surface area (Å²) in [6, 6.07) is 3.07. The normalized spacial score (nSPS) is 11.7. The Morgan fingerprint density at radius 1 is 0.920 bits per heavy atom. The fourth-order valence-electron chi connectivity index (χ4n) is 1.70. The van der Waals surface area contributed by atoms with Gasteiger partial charge in [-0.2, -0.15) is 8.42 Å². The molecule has 12 nitrogen and oxygen atoms in total. The summed E-state index contributed by atoms with van der Waals surface area (Å²) in [5.74, 6) is -3.54. The minimum absolute atomic E-state index is 0.394. The highest BCUT2D eigenvalue weighted by atomic mass is 32.2. The zero-order valence-electron chi connectivity index (χ0n) is 11.9. The van der Waals surface area contributed by atoms with Gasteiger partial charge in [0.05, 0.1) is 4.92 Å². The molecule has 0 fully saturated rings. The van der Waals surface area contributed by atoms with Crippen LogP contribution in [0, 0.1) is 10.1 Å². The predicted molar refractivity (Wildman–Crippen MR) is 80.2 cm³/mol. The molecule has 5 N–H and O–H groups in total. The molecule has 13 heteroatoms. The Balaban J connectivity index is 2.62. The molecule has 0 aliphatic heterocycles. The number of benzene rings is 2. The van der Waals surface area contributed by atoms with E-state index >= 15 is 0 Å². The van der Waals surface area contributed by atoms with E-state index in [-0.39, 0.29) is 0 Å². The quantitative estimate of drug-likeness (QED) is 0.175. The monoisotopic (exact) mass is 371 g/mol. The van der Waals surface area contributed by atoms with Gasteiger partial charge in [0.1, 0.15) is 16.3 Å². The fraction of sp³-hybridized carbons (Fsp3) is 0. The van der Waals surface area contributed by atoms with Crippen LogP contribution in [0.1, 0.15) is 0 Å². The van der Waals surface area contributed by atoms with Crippen molar-refractivity contribution in [3.05, 3.63) is 34.4 Å². The van der Waals surface area contributed by atoms with E-state index in [1.54, 1.807) is 0 Å². The molecule has 2 rings (SSSR count). The largest absolute Gasteiger partial charge is 0.504 e. The number of nitro benzene ring substituents is 1. The molecule has 0 atom stereocenters. The van der Waals surface area contributed by atoms with E-state index in [1.165, 1.54) is 0 Å². The van der Waals surface area contributed by atoms with Gasteiger partial charge in [-0.15, -0.1) is 10.2 Å². The maximum absolute atomic E-state index is 11.2. The van der Waals surface area contributed by atoms with Crippen LogP contribution in [-0.4, -0.2) is 38.3 Å². The van der Waals surface area contributed by atoms with Crippen molar-refractivity contribution in [1.82, 2.24) is 0 Å². The molecular weight excluding hydrogens is 362 g/mol. The molecule has 0 aliphatic carbocycles. The van der Waals surface area contributed by atoms with Gasteiger partial charge in [-0.05, 0) is 12.1 Å². The second-order valence-corrected chi connectivity index (χ2v) is 5.93. The lowest BCUT2D eigenvalue weighted by molar-refractivity contribution is -0.385. The van der Waals surface area contributed by atoms with Gasteiger partial charge in [0.2, 0.25) is 5.75 Å². The Hall–Kier alpha value is -3.45. The molecule has 2 aromatic carbocycles. The summed E-state index contributed by atoms with van der Waals surface area (Å²) in [4.78, 5) is 8.68. The van der Waals surface area contributed by atoms with Crippen LogP contribution in [0.4, 0.5) is 17.1 Å². The Bertz CT molecular complexity index is 1000. The molecule has 0 aliphatic rings. The molecule has 0 heterocycles. The molecule has 0 saturated heterocycles. The smallest absolute Gasteiger partial charge is 0.298 e. The highest BCUT2D eigenvalue weighted by Crippen LogP contribution is 2.43. The first-order valence-corrected chi connectivity index (χ1v) is 7.61. The number of nitrogens with zero attached hydrogens (tertiary/aromatic N) is 3. The number of phenols is 4. The zero-order valence-corrected chi connectivity index (χ0v) is 12.7. The zero-order chi connectivity index (χ0) is 18.9. The number of azo groups is 1. The van der Waals surface area contributed by atoms with Gasteiger partial charge in [-0.25, -0.2) is 0 Å². The van der Waals surface area contributed by atoms with Crippen molar-refractivity contribution in [2.45, 2.75) is 4.90 Å². The predicted octanol–water partition coefficient (Wildman–Crippen LogP) is 2.08. The first kappa shape index (κ1) is 17.9. The second kappa shape index (κ2) is 6.21. The van der Waals surface area contributed by atoms with Crippen molar-refractivity contribution in [3.8, 4) is 23.0 Å². The van der Waals surface area contributed by atoms with Crippen LogP contribution in [-0.2, 0) is 10.1 Å². The van der Waals surface area contributed by atoms with E-state index in [0.29, 0.717) is 12.1 Å². The standard InChI is InChI=1S/C12H9N3O9S/c16-8-2-1-6(11(18)12(8)19)13-14-7-3-5(15(20)21)4-9(10(7)17)25(22,23)24/h1-4,16-19H,(H,22,23,24). The third-order valence-electron chi connectivity index (χ3n) is 2.90. The minimum atomic E-state index is -4.99. The lowest BCUT2D eigenvalue weighted by atomic mass is 10.2. The molecular formula is C12H9N3O9S. The topological polar surface area (TPSA) is 203 Å². The summed E-state index contributed by atoms with van der Waals surface area (Å²) in [6.45, 7) is 0. The Morgan fingerprint density at radius 2 is 1.52 bits per heavy atom. The average molecular weight is 371 g/mol. The van der Waals surface area contributed by atoms with Crippen LogP contribution in [0.25, 0.3) is 0 Å². The van der Waals surface area contributed by atoms with E-state index in [2.05, 4.69) is 10.2 Å². The summed E-state index contributed by atoms with van der Waals surface area (Å²) >= 11 is 0. The summed E-state index contributed by atoms with van der Waals surface area (Å²) in [6.07, 6.45) is 0. The van der Waals surface area contributed by atoms with Gasteiger partial charge in [-0.3, -0.25) is 14.7 Å². The third kappa shape index (κ3) is 3.56. The Labute approximate surface area is 138 Å². The first-order chi connectivity index (χ1) is 11.5. The SMILES string of the molecule is O=[N+]([O-])c1cc(N=Nc2ccc(O)c(O)c2O)c(O)c(S(=O)(=O)O)c1. The van der Waals surface area contributed by atoms with E-state index in [1.807, 2.05) is 0 Å². The van der Waals surface area contributed by atoms with Crippen molar-refractivity contribution < 1.29 is 38.3 Å². The summed E-state index contributed by atoms with van der Waals surface area (Å²) < 4.78 is 31.4. The van der Waals surface area contributed by atoms with Gasteiger partial charge >= 0.3 is 0 Å². The van der Waals surface area contributed by atoms with Crippen LogP contribution in [0.2, 0.25) is 0 Å². The first-order valence-electron chi connectivity index (χ1n) is 6.17. The maximum atomic E-state index is 11.2. The summed E-state index contributed by atoms with van der Waals surface area (Å²) in [7, 11) is -4.99. The van der Waals surface area contributed by atoms with E-state index < -0.39 is 60.0 Å². The van der Waals surface area contributed by atoms with Gasteiger partial charge < -0.3 is 20.4 Å². The van der Waals surface area contributed by atoms with E-state index in [0.717, 1.165) is 12.1 Å². The van der Waals surface area contributed by atoms with Gasteiger partial charge in [-0.1, -0.05) is 0 Å². The molecule has 0 spiro atoms. The van der Waals surface area contributed by atoms with Gasteiger partial charge in [0.15, 0.2) is 17.2 Å². The van der Waals surface area contributed by atoms with Gasteiger partial charge in [0.25, 0.3) is 15.8 Å². The highest BCUT2D eigenvalue weighted by molar-refractivity contribution is 7.86. The van der Waals surface area contributed by atoms with Crippen molar-refractivity contribution in [2.24, 2.45) is 10.2 Å². The van der Waals surface area contributed by atoms with Crippen molar-refractivity contribution in [1.29, 1.82) is 0 Å². The molecule has 0 saturated carbocycles. The number of rotatable bonds is 4. The average Bonchev–Trinajstić information content (AvgIpc) is 2.51. The van der Waals surface area contributed by atoms with Gasteiger partial charge in [0, 0.05) is 12.1 Å². The number of aromatic hydroxyl groups is 4. The lowest BCUT2D eigenvalue weighted by Crippen LogP contribution is -2.00. The molecule has 0 unspecified atom stereocenters. The van der Waals surface area contributed by atoms with E-state index in [4.69, 9.17) is 4.55 Å². The van der Waals surface area contributed by atoms with Crippen LogP contribution in [0.3, 0.4) is 0 Å². The number of non-ortho nitro benzene ring substituents is 1. The molecule has 25 heavy (non-hydrogen) atoms. The minimum Gasteiger partial charge on any atom is -0.504 e. The Morgan fingerprint density at radius 3 is 2.08 bits per heavy atom. The second-order valence-electron chi connectivity index (χ2n) is 4.54. The number of hydrogen-bond acceptors (Lipinski definition) is 10. The van der Waals surface area contributed by atoms with Crippen molar-refractivity contribution in [2.75, 3.05) is 0 Å². The number of nitro groups is 1. The summed E-state index contributed by atoms with van der Waals surface area (Å²) in [5.41, 5.74) is -1.90. The molecule has 0 aromatic heterocycles. The molecule has 2 aromatic rings. The number of hydrogen-bond donors (Lipinski definition) is 5. The van der Waals surface area contributed by atoms with Crippen molar-refractivity contribution in [3.63, 3.8) is 0 Å². The van der Waals surface area contributed by atoms with Crippen molar-refractivity contribution >= 4 is 27.2 Å². The molecule has 132 valence electrons. The Kier molecular flexibility index (Phi) is 4.45. The summed E-state index contributed by atoms with van der Waals surface area (Å²) in [5, 5.41) is 55.5. The highest BCUT2D eigenvalue weighted by Gasteiger charge is 2.24. The maximum Gasteiger partial charge on any atom is 0.298 e. The molecule has 0 radical (unpaired) electrons. The van der Waals surface area contributed by atoms with Crippen LogP contribution >= 0.6 is 0 Å². The van der Waals surface area contributed by atoms with Crippen LogP contribution in [0.5, 0.6) is 23.0 Å². The van der Waals surface area contributed by atoms with Crippen LogP contribution in [0.15, 0.2) is 39.4 Å². The lowest BCUT2D eigenvalue weighted by Gasteiger charge is -2.05. The number of phenolic OH excluding ortho intramolecular Hbond substituents is 4. The van der Waals surface area contributed by atoms with E-state index in [9.17, 15) is 39.0 Å². The molecule has 0 bridgehead atoms. The third-order valence-corrected chi connectivity index (χ3v) is 3.77.